The summed E-state index contributed by atoms with van der Waals surface area (Å²) in [5.41, 5.74) is 0.993. The third-order valence-electron chi connectivity index (χ3n) is 7.44. The summed E-state index contributed by atoms with van der Waals surface area (Å²) in [6.07, 6.45) is -3.43. The first-order chi connectivity index (χ1) is 17.6. The van der Waals surface area contributed by atoms with Gasteiger partial charge in [0.2, 0.25) is 0 Å². The minimum Gasteiger partial charge on any atom is -0.507 e. The van der Waals surface area contributed by atoms with Crippen molar-refractivity contribution in [2.45, 2.75) is 44.3 Å². The SMILES string of the molecule is COc1cc2c(oc(=O)c3cc(C)cc(OC)c32)c2c([C@@H]3O[C@@H](C)[C@H](O)[C@H]([NH+](C)C)[C@H]3O)ccc(O)c12. The van der Waals surface area contributed by atoms with Crippen LogP contribution in [0.1, 0.15) is 24.2 Å². The van der Waals surface area contributed by atoms with Gasteiger partial charge in [-0.1, -0.05) is 6.07 Å². The number of hydrogen-bond donors (Lipinski definition) is 4. The van der Waals surface area contributed by atoms with Crippen LogP contribution in [-0.4, -0.2) is 68.0 Å². The predicted molar refractivity (Wildman–Crippen MR) is 139 cm³/mol. The Hall–Kier alpha value is -3.37. The first-order valence-electron chi connectivity index (χ1n) is 12.2. The standard InChI is InChI=1S/C28H31NO8/c1-12-9-16-20(18(10-12)34-5)15-11-19(35-6)22-17(30)8-7-14(21(22)26(15)37-28(16)33)27-25(32)23(29(3)4)24(31)13(2)36-27/h7-11,13,23-25,27,30-32H,1-6H3/p+1/t13-,23-,24-,25+,27-/m0/s1. The van der Waals surface area contributed by atoms with E-state index in [4.69, 9.17) is 18.6 Å². The highest BCUT2D eigenvalue weighted by Gasteiger charge is 2.47. The number of aryl methyl sites for hydroxylation is 1. The number of aliphatic hydroxyl groups is 2. The minimum atomic E-state index is -1.09. The van der Waals surface area contributed by atoms with Gasteiger partial charge in [0.15, 0.2) is 0 Å². The second-order valence-corrected chi connectivity index (χ2v) is 10.0. The first kappa shape index (κ1) is 25.3. The number of quaternary nitrogens is 1. The van der Waals surface area contributed by atoms with Crippen molar-refractivity contribution in [1.29, 1.82) is 0 Å². The lowest BCUT2D eigenvalue weighted by Crippen LogP contribution is -3.14. The number of nitrogens with one attached hydrogen (secondary N) is 1. The summed E-state index contributed by atoms with van der Waals surface area (Å²) in [7, 11) is 6.75. The van der Waals surface area contributed by atoms with Crippen molar-refractivity contribution in [3.63, 3.8) is 0 Å². The zero-order chi connectivity index (χ0) is 26.8. The fourth-order valence-electron chi connectivity index (χ4n) is 5.71. The second-order valence-electron chi connectivity index (χ2n) is 10.0. The zero-order valence-corrected chi connectivity index (χ0v) is 21.7. The number of benzene rings is 3. The number of fused-ring (bicyclic) bond motifs is 5. The number of methoxy groups -OCH3 is 2. The Kier molecular flexibility index (Phi) is 6.27. The van der Waals surface area contributed by atoms with Crippen LogP contribution in [0.15, 0.2) is 39.5 Å². The molecule has 37 heavy (non-hydrogen) atoms. The largest absolute Gasteiger partial charge is 0.507 e. The fourth-order valence-corrected chi connectivity index (χ4v) is 5.71. The van der Waals surface area contributed by atoms with Gasteiger partial charge in [-0.2, -0.15) is 0 Å². The molecule has 196 valence electrons. The van der Waals surface area contributed by atoms with E-state index in [2.05, 4.69) is 0 Å². The van der Waals surface area contributed by atoms with Gasteiger partial charge in [-0.15, -0.1) is 0 Å². The molecular formula is C28H32NO8+. The van der Waals surface area contributed by atoms with E-state index in [1.165, 1.54) is 20.3 Å². The molecule has 5 atom stereocenters. The van der Waals surface area contributed by atoms with Gasteiger partial charge in [0.25, 0.3) is 0 Å². The summed E-state index contributed by atoms with van der Waals surface area (Å²) >= 11 is 0. The van der Waals surface area contributed by atoms with Gasteiger partial charge in [0.05, 0.1) is 45.2 Å². The molecule has 0 radical (unpaired) electrons. The Labute approximate surface area is 213 Å². The molecule has 1 aromatic heterocycles. The quantitative estimate of drug-likeness (QED) is 0.242. The van der Waals surface area contributed by atoms with Gasteiger partial charge in [-0.25, -0.2) is 4.79 Å². The fraction of sp³-hybridized carbons (Fsp3) is 0.393. The highest BCUT2D eigenvalue weighted by molar-refractivity contribution is 6.19. The Bertz CT molecular complexity index is 1580. The summed E-state index contributed by atoms with van der Waals surface area (Å²) in [4.78, 5) is 14.1. The number of hydrogen-bond acceptors (Lipinski definition) is 8. The molecule has 1 saturated heterocycles. The molecule has 4 aromatic rings. The summed E-state index contributed by atoms with van der Waals surface area (Å²) in [6, 6.07) is 7.89. The van der Waals surface area contributed by atoms with Crippen LogP contribution in [0.5, 0.6) is 17.2 Å². The van der Waals surface area contributed by atoms with Gasteiger partial charge < -0.3 is 38.8 Å². The van der Waals surface area contributed by atoms with E-state index in [9.17, 15) is 20.1 Å². The maximum absolute atomic E-state index is 13.3. The summed E-state index contributed by atoms with van der Waals surface area (Å²) in [5.74, 6) is 0.773. The number of aliphatic hydroxyl groups excluding tert-OH is 2. The molecule has 0 bridgehead atoms. The van der Waals surface area contributed by atoms with Crippen LogP contribution in [0, 0.1) is 6.92 Å². The summed E-state index contributed by atoms with van der Waals surface area (Å²) in [6.45, 7) is 3.62. The van der Waals surface area contributed by atoms with Gasteiger partial charge in [-0.3, -0.25) is 0 Å². The molecule has 0 saturated carbocycles. The van der Waals surface area contributed by atoms with Gasteiger partial charge in [0, 0.05) is 16.2 Å². The lowest BCUT2D eigenvalue weighted by atomic mass is 9.86. The Balaban J connectivity index is 1.94. The van der Waals surface area contributed by atoms with E-state index < -0.39 is 36.1 Å². The van der Waals surface area contributed by atoms with Crippen LogP contribution < -0.4 is 20.0 Å². The van der Waals surface area contributed by atoms with E-state index in [0.717, 1.165) is 10.5 Å². The minimum absolute atomic E-state index is 0.0794. The lowest BCUT2D eigenvalue weighted by molar-refractivity contribution is -0.897. The van der Waals surface area contributed by atoms with Gasteiger partial charge >= 0.3 is 5.63 Å². The Morgan fingerprint density at radius 2 is 1.59 bits per heavy atom. The average Bonchev–Trinajstić information content (AvgIpc) is 2.86. The van der Waals surface area contributed by atoms with Crippen LogP contribution in [0.25, 0.3) is 32.5 Å². The first-order valence-corrected chi connectivity index (χ1v) is 12.2. The monoisotopic (exact) mass is 510 g/mol. The van der Waals surface area contributed by atoms with E-state index in [1.807, 2.05) is 27.1 Å². The predicted octanol–water partition coefficient (Wildman–Crippen LogP) is 1.83. The maximum atomic E-state index is 13.3. The van der Waals surface area contributed by atoms with E-state index in [1.54, 1.807) is 25.1 Å². The van der Waals surface area contributed by atoms with Crippen molar-refractivity contribution in [2.24, 2.45) is 0 Å². The van der Waals surface area contributed by atoms with Crippen molar-refractivity contribution in [1.82, 2.24) is 0 Å². The van der Waals surface area contributed by atoms with Crippen LogP contribution in [0.4, 0.5) is 0 Å². The second kappa shape index (κ2) is 9.18. The molecule has 1 fully saturated rings. The number of phenolic OH excluding ortho intramolecular Hbond substituents is 1. The highest BCUT2D eigenvalue weighted by Crippen LogP contribution is 2.46. The molecule has 5 rings (SSSR count). The third-order valence-corrected chi connectivity index (χ3v) is 7.44. The lowest BCUT2D eigenvalue weighted by Gasteiger charge is -2.42. The molecule has 3 aromatic carbocycles. The molecule has 1 aliphatic heterocycles. The normalized spacial score (nSPS) is 24.3. The molecule has 9 nitrogen and oxygen atoms in total. The van der Waals surface area contributed by atoms with Crippen LogP contribution >= 0.6 is 0 Å². The molecule has 1 aliphatic rings. The zero-order valence-electron chi connectivity index (χ0n) is 21.7. The molecule has 9 heteroatoms. The van der Waals surface area contributed by atoms with Crippen LogP contribution in [0.3, 0.4) is 0 Å². The number of aromatic hydroxyl groups is 1. The Morgan fingerprint density at radius 3 is 2.24 bits per heavy atom. The van der Waals surface area contributed by atoms with E-state index in [-0.39, 0.29) is 11.3 Å². The van der Waals surface area contributed by atoms with Gasteiger partial charge in [-0.05, 0) is 49.2 Å². The molecule has 4 N–H and O–H groups in total. The van der Waals surface area contributed by atoms with E-state index >= 15 is 0 Å². The molecule has 0 unspecified atom stereocenters. The van der Waals surface area contributed by atoms with Crippen molar-refractivity contribution < 1.29 is 38.8 Å². The topological polar surface area (TPSA) is 123 Å². The van der Waals surface area contributed by atoms with E-state index in [0.29, 0.717) is 44.0 Å². The number of likely N-dealkylation sites (N-methyl/N-ethyl adjacent to an activating group) is 1. The average molecular weight is 511 g/mol. The van der Waals surface area contributed by atoms with Crippen molar-refractivity contribution >= 4 is 32.5 Å². The molecular weight excluding hydrogens is 478 g/mol. The molecule has 0 aliphatic carbocycles. The third kappa shape index (κ3) is 3.81. The smallest absolute Gasteiger partial charge is 0.344 e. The maximum Gasteiger partial charge on any atom is 0.344 e. The number of phenols is 1. The summed E-state index contributed by atoms with van der Waals surface area (Å²) < 4.78 is 23.4. The van der Waals surface area contributed by atoms with Gasteiger partial charge in [0.1, 0.15) is 47.2 Å². The summed E-state index contributed by atoms with van der Waals surface area (Å²) in [5, 5.41) is 35.2. The Morgan fingerprint density at radius 1 is 0.919 bits per heavy atom. The van der Waals surface area contributed by atoms with Crippen molar-refractivity contribution in [3.05, 3.63) is 51.9 Å². The number of ether oxygens (including phenoxy) is 3. The van der Waals surface area contributed by atoms with Crippen LogP contribution in [0.2, 0.25) is 0 Å². The van der Waals surface area contributed by atoms with Crippen LogP contribution in [-0.2, 0) is 4.74 Å². The molecule has 2 heterocycles. The molecule has 0 spiro atoms. The number of rotatable bonds is 4. The van der Waals surface area contributed by atoms with Crippen molar-refractivity contribution in [3.8, 4) is 17.2 Å². The molecule has 0 amide bonds. The highest BCUT2D eigenvalue weighted by atomic mass is 16.5. The van der Waals surface area contributed by atoms with Crippen molar-refractivity contribution in [2.75, 3.05) is 28.3 Å².